The zero-order chi connectivity index (χ0) is 27.2. The van der Waals surface area contributed by atoms with Crippen molar-refractivity contribution in [2.24, 2.45) is 10.9 Å². The molecular weight excluding hydrogens is 490 g/mol. The van der Waals surface area contributed by atoms with E-state index in [1.165, 1.54) is 18.5 Å². The van der Waals surface area contributed by atoms with Crippen LogP contribution in [0.2, 0.25) is 5.02 Å². The van der Waals surface area contributed by atoms with Gasteiger partial charge < -0.3 is 9.80 Å². The zero-order valence-corrected chi connectivity index (χ0v) is 23.5. The minimum absolute atomic E-state index is 0.173. The van der Waals surface area contributed by atoms with Crippen molar-refractivity contribution in [3.63, 3.8) is 0 Å². The number of aliphatic imine (C=N–C) groups is 1. The number of hydrogen-bond donors (Lipinski definition) is 0. The summed E-state index contributed by atoms with van der Waals surface area (Å²) in [5, 5.41) is 11.0. The molecule has 4 rings (SSSR count). The van der Waals surface area contributed by atoms with Gasteiger partial charge in [0, 0.05) is 60.3 Å². The second kappa shape index (κ2) is 12.5. The van der Waals surface area contributed by atoms with Crippen LogP contribution in [0.5, 0.6) is 0 Å². The van der Waals surface area contributed by atoms with Crippen LogP contribution in [-0.2, 0) is 12.8 Å². The Kier molecular flexibility index (Phi) is 9.07. The second-order valence-electron chi connectivity index (χ2n) is 10.2. The summed E-state index contributed by atoms with van der Waals surface area (Å²) in [5.41, 5.74) is 7.71. The Balaban J connectivity index is 1.54. The monoisotopic (exact) mass is 527 g/mol. The van der Waals surface area contributed by atoms with Gasteiger partial charge in [-0.3, -0.25) is 4.98 Å². The number of allylic oxidation sites excluding steroid dienone is 4. The molecule has 6 heteroatoms. The third-order valence-corrected chi connectivity index (χ3v) is 8.14. The van der Waals surface area contributed by atoms with Crippen molar-refractivity contribution in [3.8, 4) is 6.07 Å². The fraction of sp³-hybridized carbons (Fsp3) is 0.406. The lowest BCUT2D eigenvalue weighted by Gasteiger charge is -2.39. The molecule has 38 heavy (non-hydrogen) atoms. The summed E-state index contributed by atoms with van der Waals surface area (Å²) in [6, 6.07) is 8.45. The molecule has 0 saturated carbocycles. The molecule has 1 aliphatic heterocycles. The number of halogens is 1. The SMILES string of the molecule is C=C/C=C(\N=C(/C)C#N)C1CCc2c(nc3cc(C(=C)N4CCN(C(=C)CCCC)CC4)ccc3c2Cl)C1. The summed E-state index contributed by atoms with van der Waals surface area (Å²) in [6.45, 7) is 20.3. The van der Waals surface area contributed by atoms with Crippen LogP contribution in [0.25, 0.3) is 16.6 Å². The molecule has 2 aliphatic rings. The van der Waals surface area contributed by atoms with Crippen LogP contribution in [0.3, 0.4) is 0 Å². The molecule has 1 saturated heterocycles. The van der Waals surface area contributed by atoms with Crippen LogP contribution >= 0.6 is 11.6 Å². The number of fused-ring (bicyclic) bond motifs is 2. The van der Waals surface area contributed by atoms with Gasteiger partial charge in [0.1, 0.15) is 11.8 Å². The molecule has 1 aromatic heterocycles. The first-order valence-electron chi connectivity index (χ1n) is 13.6. The first-order chi connectivity index (χ1) is 18.4. The zero-order valence-electron chi connectivity index (χ0n) is 22.8. The minimum atomic E-state index is 0.173. The lowest BCUT2D eigenvalue weighted by molar-refractivity contribution is 0.209. The maximum absolute atomic E-state index is 9.22. The normalized spacial score (nSPS) is 18.2. The molecule has 0 N–H and O–H groups in total. The fourth-order valence-electron chi connectivity index (χ4n) is 5.44. The van der Waals surface area contributed by atoms with Crippen molar-refractivity contribution in [1.82, 2.24) is 14.8 Å². The van der Waals surface area contributed by atoms with Crippen LogP contribution < -0.4 is 0 Å². The van der Waals surface area contributed by atoms with E-state index in [0.717, 1.165) is 96.0 Å². The average Bonchev–Trinajstić information content (AvgIpc) is 2.94. The maximum atomic E-state index is 9.22. The molecule has 0 amide bonds. The minimum Gasteiger partial charge on any atom is -0.372 e. The van der Waals surface area contributed by atoms with Gasteiger partial charge in [-0.25, -0.2) is 4.99 Å². The second-order valence-corrected chi connectivity index (χ2v) is 10.6. The molecular formula is C32H38ClN5. The molecule has 2 heterocycles. The third-order valence-electron chi connectivity index (χ3n) is 7.71. The van der Waals surface area contributed by atoms with Crippen molar-refractivity contribution in [3.05, 3.63) is 83.3 Å². The lowest BCUT2D eigenvalue weighted by atomic mass is 9.84. The van der Waals surface area contributed by atoms with Crippen LogP contribution in [-0.4, -0.2) is 46.7 Å². The van der Waals surface area contributed by atoms with E-state index in [2.05, 4.69) is 65.7 Å². The molecule has 0 radical (unpaired) electrons. The van der Waals surface area contributed by atoms with Gasteiger partial charge in [0.25, 0.3) is 0 Å². The van der Waals surface area contributed by atoms with E-state index >= 15 is 0 Å². The molecule has 5 nitrogen and oxygen atoms in total. The highest BCUT2D eigenvalue weighted by Crippen LogP contribution is 2.38. The quantitative estimate of drug-likeness (QED) is 0.253. The summed E-state index contributed by atoms with van der Waals surface area (Å²) in [7, 11) is 0. The number of unbranched alkanes of at least 4 members (excludes halogenated alkanes) is 1. The largest absolute Gasteiger partial charge is 0.372 e. The Hall–Kier alpha value is -3.36. The Morgan fingerprint density at radius 2 is 1.97 bits per heavy atom. The molecule has 1 fully saturated rings. The van der Waals surface area contributed by atoms with E-state index < -0.39 is 0 Å². The number of nitrogens with zero attached hydrogens (tertiary/aromatic N) is 5. The van der Waals surface area contributed by atoms with E-state index in [9.17, 15) is 5.26 Å². The fourth-order valence-corrected chi connectivity index (χ4v) is 5.80. The summed E-state index contributed by atoms with van der Waals surface area (Å²) >= 11 is 6.93. The van der Waals surface area contributed by atoms with Crippen molar-refractivity contribution in [2.75, 3.05) is 26.2 Å². The van der Waals surface area contributed by atoms with Crippen LogP contribution in [0, 0.1) is 17.2 Å². The number of pyridine rings is 1. The number of hydrogen-bond acceptors (Lipinski definition) is 5. The number of aromatic nitrogens is 1. The van der Waals surface area contributed by atoms with Gasteiger partial charge in [-0.15, -0.1) is 0 Å². The molecule has 0 spiro atoms. The highest BCUT2D eigenvalue weighted by Gasteiger charge is 2.26. The number of nitriles is 1. The van der Waals surface area contributed by atoms with Crippen molar-refractivity contribution >= 4 is 33.9 Å². The van der Waals surface area contributed by atoms with Gasteiger partial charge in [0.15, 0.2) is 0 Å². The number of rotatable bonds is 9. The van der Waals surface area contributed by atoms with E-state index in [4.69, 9.17) is 16.6 Å². The van der Waals surface area contributed by atoms with E-state index in [1.54, 1.807) is 13.0 Å². The Bertz CT molecular complexity index is 1340. The summed E-state index contributed by atoms with van der Waals surface area (Å²) in [4.78, 5) is 14.4. The molecule has 2 aromatic rings. The van der Waals surface area contributed by atoms with Crippen LogP contribution in [0.4, 0.5) is 0 Å². The maximum Gasteiger partial charge on any atom is 0.115 e. The van der Waals surface area contributed by atoms with Crippen molar-refractivity contribution in [1.29, 1.82) is 5.26 Å². The first-order valence-corrected chi connectivity index (χ1v) is 14.0. The van der Waals surface area contributed by atoms with Gasteiger partial charge >= 0.3 is 0 Å². The molecule has 1 atom stereocenters. The van der Waals surface area contributed by atoms with Gasteiger partial charge in [0.2, 0.25) is 0 Å². The highest BCUT2D eigenvalue weighted by atomic mass is 35.5. The van der Waals surface area contributed by atoms with Crippen molar-refractivity contribution < 1.29 is 0 Å². The summed E-state index contributed by atoms with van der Waals surface area (Å²) in [6.07, 6.45) is 9.59. The molecule has 0 bridgehead atoms. The van der Waals surface area contributed by atoms with Crippen molar-refractivity contribution in [2.45, 2.75) is 52.4 Å². The predicted octanol–water partition coefficient (Wildman–Crippen LogP) is 7.34. The third kappa shape index (κ3) is 6.03. The Morgan fingerprint density at radius 1 is 1.24 bits per heavy atom. The summed E-state index contributed by atoms with van der Waals surface area (Å²) in [5.74, 6) is 0.173. The van der Waals surface area contributed by atoms with Crippen LogP contribution in [0.1, 0.15) is 56.4 Å². The van der Waals surface area contributed by atoms with Crippen LogP contribution in [0.15, 0.2) is 66.5 Å². The number of piperazine rings is 1. The molecule has 1 aliphatic carbocycles. The summed E-state index contributed by atoms with van der Waals surface area (Å²) < 4.78 is 0. The Morgan fingerprint density at radius 3 is 2.66 bits per heavy atom. The van der Waals surface area contributed by atoms with E-state index in [0.29, 0.717) is 5.71 Å². The van der Waals surface area contributed by atoms with E-state index in [-0.39, 0.29) is 5.92 Å². The van der Waals surface area contributed by atoms with Gasteiger partial charge in [-0.1, -0.05) is 62.9 Å². The molecule has 1 unspecified atom stereocenters. The van der Waals surface area contributed by atoms with E-state index in [1.807, 2.05) is 6.08 Å². The van der Waals surface area contributed by atoms with Gasteiger partial charge in [0.05, 0.1) is 10.5 Å². The van der Waals surface area contributed by atoms with Gasteiger partial charge in [-0.2, -0.15) is 5.26 Å². The first kappa shape index (κ1) is 27.7. The topological polar surface area (TPSA) is 55.5 Å². The smallest absolute Gasteiger partial charge is 0.115 e. The predicted molar refractivity (Wildman–Crippen MR) is 160 cm³/mol. The molecule has 1 aromatic carbocycles. The Labute approximate surface area is 232 Å². The molecule has 198 valence electrons. The van der Waals surface area contributed by atoms with Gasteiger partial charge in [-0.05, 0) is 62.3 Å². The lowest BCUT2D eigenvalue weighted by Crippen LogP contribution is -2.44. The average molecular weight is 528 g/mol. The standard InChI is InChI=1S/C32H38ClN5/c1-6-8-10-23(4)37-15-17-38(18-16-37)24(5)25-11-13-27-30(19-25)36-31-20-26(12-14-28(31)32(27)33)29(9-7-2)35-22(3)21-34/h7,9,11,13,19,26H,2,4-6,8,10,12,14-18,20H2,1,3H3/b29-9-,35-22+. The number of benzene rings is 1. The highest BCUT2D eigenvalue weighted by molar-refractivity contribution is 6.36.